The van der Waals surface area contributed by atoms with Crippen LogP contribution in [0.4, 0.5) is 5.69 Å². The Bertz CT molecular complexity index is 806. The van der Waals surface area contributed by atoms with Gasteiger partial charge in [-0.3, -0.25) is 5.01 Å². The maximum Gasteiger partial charge on any atom is 0.380 e. The molecular weight excluding hydrogens is 352 g/mol. The maximum absolute atomic E-state index is 12.5. The molecule has 8 nitrogen and oxygen atoms in total. The molecule has 1 atom stereocenters. The molecule has 1 unspecified atom stereocenters. The first-order valence-corrected chi connectivity index (χ1v) is 9.30. The van der Waals surface area contributed by atoms with Crippen LogP contribution in [0.15, 0.2) is 68.7 Å². The van der Waals surface area contributed by atoms with Gasteiger partial charge in [0.2, 0.25) is 0 Å². The molecule has 2 aromatic rings. The zero-order valence-electron chi connectivity index (χ0n) is 13.0. The molecular formula is C14H16N4O4S2. The van der Waals surface area contributed by atoms with Crippen LogP contribution >= 0.6 is 0 Å². The van der Waals surface area contributed by atoms with E-state index in [1.807, 2.05) is 0 Å². The molecule has 2 aromatic carbocycles. The molecule has 0 aliphatic rings. The summed E-state index contributed by atoms with van der Waals surface area (Å²) in [6.07, 6.45) is 0. The van der Waals surface area contributed by atoms with Gasteiger partial charge >= 0.3 is 10.3 Å². The van der Waals surface area contributed by atoms with Crippen molar-refractivity contribution in [2.75, 3.05) is 14.1 Å². The van der Waals surface area contributed by atoms with Crippen molar-refractivity contribution in [3.63, 3.8) is 0 Å². The van der Waals surface area contributed by atoms with Crippen LogP contribution in [0.25, 0.3) is 0 Å². The fourth-order valence-corrected chi connectivity index (χ4v) is 3.08. The van der Waals surface area contributed by atoms with Gasteiger partial charge in [-0.15, -0.1) is 5.11 Å². The second-order valence-corrected chi connectivity index (χ2v) is 7.48. The number of nitrogens with two attached hydrogens (primary N) is 1. The van der Waals surface area contributed by atoms with E-state index in [-0.39, 0.29) is 5.75 Å². The molecule has 0 saturated heterocycles. The zero-order chi connectivity index (χ0) is 17.7. The van der Waals surface area contributed by atoms with E-state index >= 15 is 0 Å². The van der Waals surface area contributed by atoms with Crippen LogP contribution in [-0.4, -0.2) is 32.1 Å². The highest BCUT2D eigenvalue weighted by Crippen LogP contribution is 2.25. The summed E-state index contributed by atoms with van der Waals surface area (Å²) in [5.41, 5.74) is 0.640. The van der Waals surface area contributed by atoms with Crippen LogP contribution in [0.3, 0.4) is 0 Å². The highest BCUT2D eigenvalue weighted by molar-refractivity contribution is 7.91. The molecule has 2 N–H and O–H groups in total. The number of hydrogen-bond acceptors (Lipinski definition) is 6. The molecule has 0 fully saturated rings. The van der Waals surface area contributed by atoms with Gasteiger partial charge in [0, 0.05) is 25.3 Å². The summed E-state index contributed by atoms with van der Waals surface area (Å²) < 4.78 is 38.7. The molecule has 0 aliphatic heterocycles. The minimum absolute atomic E-state index is 0.0534. The first kappa shape index (κ1) is 18.2. The van der Waals surface area contributed by atoms with Gasteiger partial charge < -0.3 is 8.74 Å². The van der Waals surface area contributed by atoms with Crippen molar-refractivity contribution in [3.8, 4) is 5.75 Å². The predicted molar refractivity (Wildman–Crippen MR) is 89.5 cm³/mol. The summed E-state index contributed by atoms with van der Waals surface area (Å²) in [6, 6.07) is 12.6. The molecule has 24 heavy (non-hydrogen) atoms. The smallest absolute Gasteiger partial charge is 0.380 e. The van der Waals surface area contributed by atoms with Crippen molar-refractivity contribution in [2.24, 2.45) is 15.5 Å². The van der Waals surface area contributed by atoms with E-state index in [0.29, 0.717) is 15.5 Å². The quantitative estimate of drug-likeness (QED) is 0.475. The minimum Gasteiger partial charge on any atom is -0.606 e. The summed E-state index contributed by atoms with van der Waals surface area (Å²) >= 11 is -1.42. The van der Waals surface area contributed by atoms with Gasteiger partial charge in [-0.25, -0.2) is 0 Å². The van der Waals surface area contributed by atoms with E-state index in [1.54, 1.807) is 43.4 Å². The van der Waals surface area contributed by atoms with Crippen molar-refractivity contribution in [3.05, 3.63) is 48.5 Å². The standard InChI is InChI=1S/C14H16N4O4S2/c1-18(2)17-16-11-3-7-13(8-4-11)23(19)14-9-5-12(6-10-14)22-24(15,20)21/h3-10H,1-2H3,(H2,15,20,21). The van der Waals surface area contributed by atoms with Gasteiger partial charge in [-0.05, 0) is 48.5 Å². The SMILES string of the molecule is CN(C)N=Nc1ccc([S+]([O-])c2ccc(OS(N)(=O)=O)cc2)cc1. The van der Waals surface area contributed by atoms with E-state index in [0.717, 1.165) is 0 Å². The Labute approximate surface area is 143 Å². The molecule has 0 aromatic heterocycles. The fraction of sp³-hybridized carbons (Fsp3) is 0.143. The largest absolute Gasteiger partial charge is 0.606 e. The molecule has 0 bridgehead atoms. The van der Waals surface area contributed by atoms with E-state index < -0.39 is 21.5 Å². The Morgan fingerprint density at radius 1 is 1.04 bits per heavy atom. The topological polar surface area (TPSA) is 120 Å². The van der Waals surface area contributed by atoms with Crippen LogP contribution in [0.1, 0.15) is 0 Å². The summed E-state index contributed by atoms with van der Waals surface area (Å²) in [6.45, 7) is 0. The summed E-state index contributed by atoms with van der Waals surface area (Å²) in [4.78, 5) is 1.08. The maximum atomic E-state index is 12.5. The second-order valence-electron chi connectivity index (χ2n) is 4.85. The van der Waals surface area contributed by atoms with Gasteiger partial charge in [0.25, 0.3) is 0 Å². The van der Waals surface area contributed by atoms with Gasteiger partial charge in [0.15, 0.2) is 9.79 Å². The van der Waals surface area contributed by atoms with Crippen molar-refractivity contribution < 1.29 is 17.2 Å². The Morgan fingerprint density at radius 2 is 1.54 bits per heavy atom. The highest BCUT2D eigenvalue weighted by atomic mass is 32.2. The second kappa shape index (κ2) is 7.62. The van der Waals surface area contributed by atoms with E-state index in [2.05, 4.69) is 14.5 Å². The lowest BCUT2D eigenvalue weighted by Crippen LogP contribution is -2.18. The highest BCUT2D eigenvalue weighted by Gasteiger charge is 2.15. The number of rotatable bonds is 6. The van der Waals surface area contributed by atoms with E-state index in [9.17, 15) is 13.0 Å². The van der Waals surface area contributed by atoms with Crippen molar-refractivity contribution in [1.29, 1.82) is 0 Å². The third-order valence-electron chi connectivity index (χ3n) is 2.64. The molecule has 0 spiro atoms. The Hall–Kier alpha value is -2.14. The third kappa shape index (κ3) is 5.49. The lowest BCUT2D eigenvalue weighted by atomic mass is 10.3. The van der Waals surface area contributed by atoms with E-state index in [1.165, 1.54) is 24.3 Å². The average molecular weight is 368 g/mol. The van der Waals surface area contributed by atoms with Crippen molar-refractivity contribution in [1.82, 2.24) is 5.01 Å². The Balaban J connectivity index is 2.12. The molecule has 0 amide bonds. The van der Waals surface area contributed by atoms with Crippen LogP contribution in [0.5, 0.6) is 5.75 Å². The fourth-order valence-electron chi connectivity index (χ4n) is 1.67. The number of benzene rings is 2. The molecule has 0 saturated carbocycles. The average Bonchev–Trinajstić information content (AvgIpc) is 2.52. The number of hydrogen-bond donors (Lipinski definition) is 1. The first-order chi connectivity index (χ1) is 11.2. The minimum atomic E-state index is -4.08. The first-order valence-electron chi connectivity index (χ1n) is 6.68. The van der Waals surface area contributed by atoms with Crippen molar-refractivity contribution in [2.45, 2.75) is 9.79 Å². The van der Waals surface area contributed by atoms with Gasteiger partial charge in [-0.1, -0.05) is 5.22 Å². The molecule has 2 rings (SSSR count). The molecule has 0 aliphatic carbocycles. The van der Waals surface area contributed by atoms with Crippen LogP contribution < -0.4 is 9.32 Å². The summed E-state index contributed by atoms with van der Waals surface area (Å²) in [7, 11) is -0.557. The van der Waals surface area contributed by atoms with Crippen LogP contribution in [0.2, 0.25) is 0 Å². The molecule has 128 valence electrons. The lowest BCUT2D eigenvalue weighted by molar-refractivity contribution is 0.408. The van der Waals surface area contributed by atoms with Gasteiger partial charge in [-0.2, -0.15) is 13.6 Å². The normalized spacial score (nSPS) is 13.0. The monoisotopic (exact) mass is 368 g/mol. The molecule has 0 radical (unpaired) electrons. The van der Waals surface area contributed by atoms with Crippen LogP contribution in [-0.2, 0) is 21.5 Å². The summed E-state index contributed by atoms with van der Waals surface area (Å²) in [5.74, 6) is 0.0534. The predicted octanol–water partition coefficient (Wildman–Crippen LogP) is 2.00. The summed E-state index contributed by atoms with van der Waals surface area (Å²) in [5, 5.41) is 14.2. The van der Waals surface area contributed by atoms with Gasteiger partial charge in [0.1, 0.15) is 5.75 Å². The Morgan fingerprint density at radius 3 is 2.00 bits per heavy atom. The lowest BCUT2D eigenvalue weighted by Gasteiger charge is -2.10. The third-order valence-corrected chi connectivity index (χ3v) is 4.47. The van der Waals surface area contributed by atoms with E-state index in [4.69, 9.17) is 5.14 Å². The van der Waals surface area contributed by atoms with Gasteiger partial charge in [0.05, 0.1) is 5.69 Å². The Kier molecular flexibility index (Phi) is 5.78. The van der Waals surface area contributed by atoms with Crippen molar-refractivity contribution >= 4 is 27.2 Å². The number of nitrogens with zero attached hydrogens (tertiary/aromatic N) is 3. The molecule has 10 heteroatoms. The van der Waals surface area contributed by atoms with Crippen LogP contribution in [0, 0.1) is 0 Å². The zero-order valence-corrected chi connectivity index (χ0v) is 14.6. The molecule has 0 heterocycles.